The molecule has 1 saturated heterocycles. The predicted octanol–water partition coefficient (Wildman–Crippen LogP) is 5.70. The molecule has 1 fully saturated rings. The van der Waals surface area contributed by atoms with E-state index in [0.717, 1.165) is 40.4 Å². The van der Waals surface area contributed by atoms with Crippen molar-refractivity contribution in [1.82, 2.24) is 29.2 Å². The number of hydrogen-bond acceptors (Lipinski definition) is 8. The molecule has 4 aromatic rings. The van der Waals surface area contributed by atoms with Crippen LogP contribution in [0, 0.1) is 19.8 Å². The van der Waals surface area contributed by atoms with Crippen LogP contribution in [-0.2, 0) is 30.9 Å². The Balaban J connectivity index is 1.24. The molecule has 1 aromatic carbocycles. The minimum absolute atomic E-state index is 0.0112. The molecule has 0 bridgehead atoms. The van der Waals surface area contributed by atoms with Crippen molar-refractivity contribution in [3.05, 3.63) is 76.8 Å². The van der Waals surface area contributed by atoms with Crippen LogP contribution in [0.1, 0.15) is 59.8 Å². The van der Waals surface area contributed by atoms with Gasteiger partial charge in [0.25, 0.3) is 0 Å². The van der Waals surface area contributed by atoms with Crippen LogP contribution in [0.25, 0.3) is 11.1 Å². The number of ether oxygens (including phenoxy) is 2. The van der Waals surface area contributed by atoms with Crippen molar-refractivity contribution in [1.29, 1.82) is 0 Å². The minimum atomic E-state index is -4.69. The smallest absolute Gasteiger partial charge is 0.435 e. The monoisotopic (exact) mass is 681 g/mol. The fourth-order valence-electron chi connectivity index (χ4n) is 6.45. The molecule has 14 heteroatoms. The summed E-state index contributed by atoms with van der Waals surface area (Å²) in [4.78, 5) is 25.3. The third-order valence-corrected chi connectivity index (χ3v) is 9.27. The maximum absolute atomic E-state index is 14.1. The van der Waals surface area contributed by atoms with E-state index in [1.165, 1.54) is 13.2 Å². The van der Waals surface area contributed by atoms with Gasteiger partial charge in [0.15, 0.2) is 5.69 Å². The molecule has 0 saturated carbocycles. The molecular formula is C35H42F3N7O4. The number of halogens is 3. The lowest BCUT2D eigenvalue weighted by Crippen LogP contribution is -2.60. The average Bonchev–Trinajstić information content (AvgIpc) is 3.62. The van der Waals surface area contributed by atoms with E-state index in [9.17, 15) is 23.1 Å². The number of hydrogen-bond donors (Lipinski definition) is 1. The van der Waals surface area contributed by atoms with E-state index in [-0.39, 0.29) is 35.6 Å². The number of aliphatic hydroxyl groups excluding tert-OH is 1. The number of unbranched alkanes of at least 4 members (excludes halogenated alkanes) is 1. The number of fused-ring (bicyclic) bond motifs is 1. The van der Waals surface area contributed by atoms with Gasteiger partial charge in [0.05, 0.1) is 25.4 Å². The fraction of sp³-hybridized carbons (Fsp3) is 0.486. The van der Waals surface area contributed by atoms with E-state index in [2.05, 4.69) is 15.0 Å². The average molecular weight is 682 g/mol. The Labute approximate surface area is 283 Å². The van der Waals surface area contributed by atoms with Crippen LogP contribution < -0.4 is 9.64 Å². The van der Waals surface area contributed by atoms with E-state index >= 15 is 0 Å². The zero-order valence-corrected chi connectivity index (χ0v) is 28.4. The lowest BCUT2D eigenvalue weighted by atomic mass is 9.86. The van der Waals surface area contributed by atoms with E-state index in [0.29, 0.717) is 43.8 Å². The van der Waals surface area contributed by atoms with Crippen LogP contribution in [0.3, 0.4) is 0 Å². The summed E-state index contributed by atoms with van der Waals surface area (Å²) in [6.07, 6.45) is 0.925. The second-order valence-electron chi connectivity index (χ2n) is 13.1. The second-order valence-corrected chi connectivity index (χ2v) is 13.1. The first-order chi connectivity index (χ1) is 23.3. The molecular weight excluding hydrogens is 639 g/mol. The lowest BCUT2D eigenvalue weighted by Gasteiger charge is -2.44. The Morgan fingerprint density at radius 1 is 1.16 bits per heavy atom. The van der Waals surface area contributed by atoms with E-state index in [4.69, 9.17) is 14.5 Å². The Hall–Kier alpha value is -4.59. The van der Waals surface area contributed by atoms with E-state index in [1.54, 1.807) is 36.5 Å². The highest BCUT2D eigenvalue weighted by Gasteiger charge is 2.40. The van der Waals surface area contributed by atoms with Crippen molar-refractivity contribution in [2.24, 2.45) is 13.0 Å². The van der Waals surface area contributed by atoms with Gasteiger partial charge >= 0.3 is 12.3 Å². The highest BCUT2D eigenvalue weighted by Crippen LogP contribution is 2.47. The Bertz CT molecular complexity index is 1810. The number of imidazole rings is 1. The van der Waals surface area contributed by atoms with E-state index in [1.807, 2.05) is 37.5 Å². The fourth-order valence-corrected chi connectivity index (χ4v) is 6.45. The van der Waals surface area contributed by atoms with Crippen molar-refractivity contribution in [2.45, 2.75) is 64.9 Å². The Kier molecular flexibility index (Phi) is 9.61. The largest absolute Gasteiger partial charge is 0.492 e. The summed E-state index contributed by atoms with van der Waals surface area (Å²) in [6, 6.07) is 7.45. The number of amides is 1. The van der Waals surface area contributed by atoms with Crippen molar-refractivity contribution in [3.8, 4) is 16.9 Å². The normalized spacial score (nSPS) is 17.8. The summed E-state index contributed by atoms with van der Waals surface area (Å²) in [7, 11) is 3.19. The minimum Gasteiger partial charge on any atom is -0.492 e. The van der Waals surface area contributed by atoms with Gasteiger partial charge in [-0.2, -0.15) is 18.3 Å². The SMILES string of the molecule is CCCCOC(=O)N(C)C1CN(c2cc(C)cc(C[C@@H]3COc4c(-c5cn(C)nc5C(F)(F)F)cc(Cn5ccnc5C)cc4[C@@H]3O)n2)C1. The van der Waals surface area contributed by atoms with Crippen molar-refractivity contribution < 1.29 is 32.5 Å². The van der Waals surface area contributed by atoms with Gasteiger partial charge in [-0.3, -0.25) is 4.68 Å². The van der Waals surface area contributed by atoms with Gasteiger partial charge in [0, 0.05) is 80.6 Å². The summed E-state index contributed by atoms with van der Waals surface area (Å²) >= 11 is 0. The number of aromatic nitrogens is 5. The summed E-state index contributed by atoms with van der Waals surface area (Å²) in [5.74, 6) is 1.34. The van der Waals surface area contributed by atoms with Gasteiger partial charge in [0.1, 0.15) is 17.4 Å². The van der Waals surface area contributed by atoms with Gasteiger partial charge in [-0.15, -0.1) is 0 Å². The predicted molar refractivity (Wildman–Crippen MR) is 176 cm³/mol. The number of anilines is 1. The molecule has 49 heavy (non-hydrogen) atoms. The number of carbonyl (C=O) groups excluding carboxylic acids is 1. The number of benzene rings is 1. The molecule has 2 aliphatic heterocycles. The van der Waals surface area contributed by atoms with Crippen LogP contribution >= 0.6 is 0 Å². The number of aryl methyl sites for hydroxylation is 3. The maximum atomic E-state index is 14.1. The third-order valence-electron chi connectivity index (χ3n) is 9.27. The van der Waals surface area contributed by atoms with Gasteiger partial charge in [-0.1, -0.05) is 13.3 Å². The molecule has 3 aromatic heterocycles. The first-order valence-electron chi connectivity index (χ1n) is 16.5. The molecule has 2 aliphatic rings. The molecule has 262 valence electrons. The molecule has 2 atom stereocenters. The van der Waals surface area contributed by atoms with Gasteiger partial charge in [-0.25, -0.2) is 14.8 Å². The highest BCUT2D eigenvalue weighted by atomic mass is 19.4. The maximum Gasteiger partial charge on any atom is 0.435 e. The number of likely N-dealkylation sites (N-methyl/N-ethyl adjacent to an activating group) is 1. The molecule has 0 aliphatic carbocycles. The topological polar surface area (TPSA) is 111 Å². The third kappa shape index (κ3) is 7.24. The zero-order chi connectivity index (χ0) is 35.0. The highest BCUT2D eigenvalue weighted by molar-refractivity contribution is 5.75. The molecule has 0 spiro atoms. The lowest BCUT2D eigenvalue weighted by molar-refractivity contribution is -0.141. The first-order valence-corrected chi connectivity index (χ1v) is 16.5. The first kappa shape index (κ1) is 34.3. The molecule has 1 amide bonds. The number of rotatable bonds is 10. The number of alkyl halides is 3. The standard InChI is InChI=1S/C35H42F3N7O4/c1-6-7-10-48-34(47)43(5)26-17-45(18-26)30-12-21(2)11-25(40-30)15-24-20-49-32-27(29-19-42(4)41-33(29)35(36,37)38)13-23(14-28(32)31(24)46)16-44-9-8-39-22(44)3/h8-9,11-14,19,24,26,31,46H,6-7,10,15-18,20H2,1-5H3/t24-,31-/m1/s1. The molecule has 0 radical (unpaired) electrons. The number of carbonyl (C=O) groups is 1. The van der Waals surface area contributed by atoms with Crippen LogP contribution in [0.2, 0.25) is 0 Å². The zero-order valence-electron chi connectivity index (χ0n) is 28.4. The molecule has 0 unspecified atom stereocenters. The molecule has 1 N–H and O–H groups in total. The Morgan fingerprint density at radius 3 is 2.63 bits per heavy atom. The van der Waals surface area contributed by atoms with Crippen LogP contribution in [0.4, 0.5) is 23.8 Å². The quantitative estimate of drug-likeness (QED) is 0.212. The van der Waals surface area contributed by atoms with Crippen LogP contribution in [-0.4, -0.2) is 79.8 Å². The van der Waals surface area contributed by atoms with Crippen molar-refractivity contribution in [2.75, 3.05) is 38.3 Å². The molecule has 6 rings (SSSR count). The van der Waals surface area contributed by atoms with Crippen LogP contribution in [0.5, 0.6) is 5.75 Å². The number of aliphatic hydroxyl groups is 1. The summed E-state index contributed by atoms with van der Waals surface area (Å²) in [6.45, 7) is 7.95. The van der Waals surface area contributed by atoms with E-state index < -0.39 is 23.9 Å². The number of pyridine rings is 1. The molecule has 11 nitrogen and oxygen atoms in total. The van der Waals surface area contributed by atoms with Crippen molar-refractivity contribution in [3.63, 3.8) is 0 Å². The van der Waals surface area contributed by atoms with Gasteiger partial charge in [-0.05, 0) is 62.1 Å². The van der Waals surface area contributed by atoms with Crippen LogP contribution in [0.15, 0.2) is 42.9 Å². The van der Waals surface area contributed by atoms with Crippen molar-refractivity contribution >= 4 is 11.9 Å². The number of nitrogens with zero attached hydrogens (tertiary/aromatic N) is 7. The summed E-state index contributed by atoms with van der Waals surface area (Å²) in [5.41, 5.74) is 1.98. The van der Waals surface area contributed by atoms with Gasteiger partial charge < -0.3 is 28.9 Å². The Morgan fingerprint density at radius 2 is 1.94 bits per heavy atom. The summed E-state index contributed by atoms with van der Waals surface area (Å²) in [5, 5.41) is 15.5. The second kappa shape index (κ2) is 13.7. The summed E-state index contributed by atoms with van der Waals surface area (Å²) < 4.78 is 56.9. The van der Waals surface area contributed by atoms with Gasteiger partial charge in [0.2, 0.25) is 0 Å². The molecule has 5 heterocycles.